The fourth-order valence-corrected chi connectivity index (χ4v) is 4.74. The largest absolute Gasteiger partial charge is 0.461 e. The number of hydrogen-bond acceptors (Lipinski definition) is 5. The molecule has 0 N–H and O–H groups in total. The number of carbonyl (C=O) groups is 2. The summed E-state index contributed by atoms with van der Waals surface area (Å²) in [5.74, 6) is -0.0500. The summed E-state index contributed by atoms with van der Waals surface area (Å²) in [5, 5.41) is 0. The van der Waals surface area contributed by atoms with Crippen molar-refractivity contribution >= 4 is 11.9 Å². The van der Waals surface area contributed by atoms with Crippen molar-refractivity contribution in [3.63, 3.8) is 0 Å². The monoisotopic (exact) mass is 264 g/mol. The molecule has 4 aliphatic rings. The molecule has 4 rings (SSSR count). The molecule has 0 amide bonds. The Bertz CT molecular complexity index is 512. The number of esters is 1. The molecule has 1 spiro atoms. The Morgan fingerprint density at radius 2 is 2.26 bits per heavy atom. The molecule has 19 heavy (non-hydrogen) atoms. The van der Waals surface area contributed by atoms with Crippen LogP contribution in [0.5, 0.6) is 0 Å². The van der Waals surface area contributed by atoms with Gasteiger partial charge in [0.15, 0.2) is 0 Å². The molecule has 4 fully saturated rings. The second-order valence-electron chi connectivity index (χ2n) is 6.53. The number of rotatable bonds is 3. The topological polar surface area (TPSA) is 61.8 Å². The first kappa shape index (κ1) is 11.5. The van der Waals surface area contributed by atoms with Gasteiger partial charge in [0.05, 0.1) is 5.92 Å². The van der Waals surface area contributed by atoms with E-state index in [-0.39, 0.29) is 23.4 Å². The Morgan fingerprint density at radius 1 is 1.47 bits per heavy atom. The van der Waals surface area contributed by atoms with Crippen LogP contribution in [-0.2, 0) is 24.1 Å². The molecule has 0 aromatic rings. The summed E-state index contributed by atoms with van der Waals surface area (Å²) in [7, 11) is 0. The third-order valence-corrected chi connectivity index (χ3v) is 5.52. The molecule has 5 nitrogen and oxygen atoms in total. The van der Waals surface area contributed by atoms with Crippen LogP contribution in [0.3, 0.4) is 0 Å². The lowest BCUT2D eigenvalue weighted by molar-refractivity contribution is -0.330. The maximum absolute atomic E-state index is 11.7. The molecule has 0 radical (unpaired) electrons. The van der Waals surface area contributed by atoms with Crippen LogP contribution >= 0.6 is 0 Å². The van der Waals surface area contributed by atoms with Crippen molar-refractivity contribution in [3.8, 4) is 0 Å². The van der Waals surface area contributed by atoms with Crippen LogP contribution in [0, 0.1) is 17.3 Å². The third-order valence-electron chi connectivity index (χ3n) is 5.52. The summed E-state index contributed by atoms with van der Waals surface area (Å²) in [6.07, 6.45) is 3.14. The van der Waals surface area contributed by atoms with Crippen LogP contribution in [0.2, 0.25) is 0 Å². The first-order valence-corrected chi connectivity index (χ1v) is 6.73. The normalized spacial score (nSPS) is 48.5. The standard InChI is InChI=1S/C14H16O5/c1-7(2)11(15)18-19-13-4-8-3-9-12(16)17-10(5-13)14(8,9)6-13/h8-10H,1,3-6H2,2H3. The maximum Gasteiger partial charge on any atom is 0.368 e. The average Bonchev–Trinajstić information content (AvgIpc) is 2.87. The van der Waals surface area contributed by atoms with Crippen LogP contribution in [0.4, 0.5) is 0 Å². The predicted octanol–water partition coefficient (Wildman–Crippen LogP) is 1.52. The molecule has 1 aliphatic heterocycles. The SMILES string of the molecule is C=C(C)C(=O)OOC12CC3CC4C(=O)OC(C1)C34C2. The lowest BCUT2D eigenvalue weighted by Gasteiger charge is -2.47. The molecule has 5 atom stereocenters. The van der Waals surface area contributed by atoms with E-state index < -0.39 is 11.6 Å². The third kappa shape index (κ3) is 1.19. The van der Waals surface area contributed by atoms with E-state index >= 15 is 0 Å². The highest BCUT2D eigenvalue weighted by molar-refractivity contribution is 5.86. The van der Waals surface area contributed by atoms with Crippen LogP contribution in [-0.4, -0.2) is 23.6 Å². The van der Waals surface area contributed by atoms with Gasteiger partial charge in [-0.05, 0) is 32.1 Å². The fraction of sp³-hybridized carbons (Fsp3) is 0.714. The van der Waals surface area contributed by atoms with E-state index in [1.165, 1.54) is 0 Å². The quantitative estimate of drug-likeness (QED) is 0.335. The second-order valence-corrected chi connectivity index (χ2v) is 6.53. The summed E-state index contributed by atoms with van der Waals surface area (Å²) >= 11 is 0. The number of hydrogen-bond donors (Lipinski definition) is 0. The summed E-state index contributed by atoms with van der Waals surface area (Å²) in [4.78, 5) is 33.5. The summed E-state index contributed by atoms with van der Waals surface area (Å²) < 4.78 is 5.47. The van der Waals surface area contributed by atoms with Gasteiger partial charge in [-0.1, -0.05) is 6.58 Å². The Balaban J connectivity index is 1.53. The van der Waals surface area contributed by atoms with Crippen molar-refractivity contribution in [1.82, 2.24) is 0 Å². The van der Waals surface area contributed by atoms with Gasteiger partial charge in [0.2, 0.25) is 0 Å². The zero-order chi connectivity index (χ0) is 13.4. The maximum atomic E-state index is 11.7. The summed E-state index contributed by atoms with van der Waals surface area (Å²) in [6.45, 7) is 5.11. The molecular weight excluding hydrogens is 248 g/mol. The fourth-order valence-electron chi connectivity index (χ4n) is 4.74. The minimum Gasteiger partial charge on any atom is -0.461 e. The van der Waals surface area contributed by atoms with Crippen molar-refractivity contribution in [2.45, 2.75) is 44.3 Å². The highest BCUT2D eigenvalue weighted by Gasteiger charge is 2.80. The van der Waals surface area contributed by atoms with Gasteiger partial charge in [0.25, 0.3) is 0 Å². The Labute approximate surface area is 110 Å². The van der Waals surface area contributed by atoms with Crippen molar-refractivity contribution in [2.24, 2.45) is 17.3 Å². The number of carbonyl (C=O) groups excluding carboxylic acids is 2. The lowest BCUT2D eigenvalue weighted by atomic mass is 9.53. The van der Waals surface area contributed by atoms with Crippen LogP contribution in [0.15, 0.2) is 12.2 Å². The smallest absolute Gasteiger partial charge is 0.368 e. The van der Waals surface area contributed by atoms with Gasteiger partial charge in [0, 0.05) is 17.4 Å². The van der Waals surface area contributed by atoms with Gasteiger partial charge in [0.1, 0.15) is 11.7 Å². The number of fused-ring (bicyclic) bond motifs is 1. The molecule has 2 bridgehead atoms. The first-order chi connectivity index (χ1) is 8.97. The van der Waals surface area contributed by atoms with E-state index in [4.69, 9.17) is 14.5 Å². The molecule has 1 saturated heterocycles. The van der Waals surface area contributed by atoms with Crippen molar-refractivity contribution in [1.29, 1.82) is 0 Å². The van der Waals surface area contributed by atoms with Gasteiger partial charge >= 0.3 is 11.9 Å². The van der Waals surface area contributed by atoms with Crippen LogP contribution < -0.4 is 0 Å². The Morgan fingerprint density at radius 3 is 2.95 bits per heavy atom. The van der Waals surface area contributed by atoms with E-state index in [1.54, 1.807) is 6.92 Å². The highest BCUT2D eigenvalue weighted by Crippen LogP contribution is 2.75. The Hall–Kier alpha value is -1.36. The Kier molecular flexibility index (Phi) is 1.93. The van der Waals surface area contributed by atoms with Crippen molar-refractivity contribution in [3.05, 3.63) is 12.2 Å². The summed E-state index contributed by atoms with van der Waals surface area (Å²) in [6, 6.07) is 0. The van der Waals surface area contributed by atoms with E-state index in [2.05, 4.69) is 6.58 Å². The molecule has 5 unspecified atom stereocenters. The molecule has 3 aliphatic carbocycles. The average molecular weight is 264 g/mol. The molecule has 5 heteroatoms. The van der Waals surface area contributed by atoms with Crippen LogP contribution in [0.25, 0.3) is 0 Å². The van der Waals surface area contributed by atoms with Crippen molar-refractivity contribution < 1.29 is 24.1 Å². The molecular formula is C14H16O5. The van der Waals surface area contributed by atoms with Gasteiger partial charge in [-0.3, -0.25) is 9.68 Å². The molecule has 102 valence electrons. The number of ether oxygens (including phenoxy) is 1. The molecule has 0 aromatic heterocycles. The van der Waals surface area contributed by atoms with Gasteiger partial charge in [-0.15, -0.1) is 0 Å². The molecule has 3 saturated carbocycles. The van der Waals surface area contributed by atoms with Crippen molar-refractivity contribution in [2.75, 3.05) is 0 Å². The minimum atomic E-state index is -0.531. The van der Waals surface area contributed by atoms with Crippen LogP contribution in [0.1, 0.15) is 32.6 Å². The highest BCUT2D eigenvalue weighted by atomic mass is 17.2. The zero-order valence-corrected chi connectivity index (χ0v) is 10.8. The van der Waals surface area contributed by atoms with E-state index in [0.29, 0.717) is 17.9 Å². The molecule has 0 aromatic carbocycles. The van der Waals surface area contributed by atoms with Gasteiger partial charge < -0.3 is 4.74 Å². The van der Waals surface area contributed by atoms with E-state index in [1.807, 2.05) is 0 Å². The predicted molar refractivity (Wildman–Crippen MR) is 62.5 cm³/mol. The zero-order valence-electron chi connectivity index (χ0n) is 10.8. The first-order valence-electron chi connectivity index (χ1n) is 6.73. The minimum absolute atomic E-state index is 0.0211. The second kappa shape index (κ2) is 3.20. The van der Waals surface area contributed by atoms with Gasteiger partial charge in [-0.2, -0.15) is 4.89 Å². The van der Waals surface area contributed by atoms with E-state index in [0.717, 1.165) is 19.3 Å². The summed E-state index contributed by atoms with van der Waals surface area (Å²) in [5.41, 5.74) is -0.152. The van der Waals surface area contributed by atoms with E-state index in [9.17, 15) is 9.59 Å². The lowest BCUT2D eigenvalue weighted by Crippen LogP contribution is -2.49. The molecule has 1 heterocycles. The van der Waals surface area contributed by atoms with Gasteiger partial charge in [-0.25, -0.2) is 4.79 Å².